The predicted molar refractivity (Wildman–Crippen MR) is 69.0 cm³/mol. The van der Waals surface area contributed by atoms with Crippen LogP contribution in [0.25, 0.3) is 0 Å². The predicted octanol–water partition coefficient (Wildman–Crippen LogP) is 2.90. The van der Waals surface area contributed by atoms with Gasteiger partial charge in [-0.1, -0.05) is 19.9 Å². The number of benzene rings is 1. The molecule has 1 N–H and O–H groups in total. The van der Waals surface area contributed by atoms with E-state index in [2.05, 4.69) is 5.32 Å². The molecule has 1 rings (SSSR count). The van der Waals surface area contributed by atoms with E-state index in [4.69, 9.17) is 4.74 Å². The summed E-state index contributed by atoms with van der Waals surface area (Å²) in [5, 5.41) is 2.89. The number of halogens is 1. The van der Waals surface area contributed by atoms with E-state index in [0.717, 1.165) is 12.8 Å². The third kappa shape index (κ3) is 4.35. The van der Waals surface area contributed by atoms with Crippen LogP contribution in [0.15, 0.2) is 24.3 Å². The van der Waals surface area contributed by atoms with Crippen molar-refractivity contribution in [2.75, 3.05) is 0 Å². The molecular weight excluding hydrogens is 233 g/mol. The fourth-order valence-corrected chi connectivity index (χ4v) is 1.61. The summed E-state index contributed by atoms with van der Waals surface area (Å²) in [6.45, 7) is 5.70. The molecule has 1 atom stereocenters. The fraction of sp³-hybridized carbons (Fsp3) is 0.500. The first kappa shape index (κ1) is 14.5. The Kier molecular flexibility index (Phi) is 5.62. The van der Waals surface area contributed by atoms with Gasteiger partial charge < -0.3 is 10.1 Å². The van der Waals surface area contributed by atoms with Gasteiger partial charge in [0.1, 0.15) is 11.6 Å². The van der Waals surface area contributed by atoms with Crippen LogP contribution in [0.5, 0.6) is 5.75 Å². The molecule has 0 saturated carbocycles. The second kappa shape index (κ2) is 6.99. The van der Waals surface area contributed by atoms with Crippen molar-refractivity contribution in [1.29, 1.82) is 0 Å². The maximum Gasteiger partial charge on any atom is 0.260 e. The van der Waals surface area contributed by atoms with E-state index in [1.165, 1.54) is 12.1 Å². The summed E-state index contributed by atoms with van der Waals surface area (Å²) in [5.41, 5.74) is 0. The van der Waals surface area contributed by atoms with Crippen LogP contribution in [0.3, 0.4) is 0 Å². The van der Waals surface area contributed by atoms with Crippen molar-refractivity contribution in [3.8, 4) is 5.75 Å². The molecule has 1 amide bonds. The van der Waals surface area contributed by atoms with Crippen LogP contribution in [-0.2, 0) is 4.79 Å². The van der Waals surface area contributed by atoms with E-state index < -0.39 is 6.10 Å². The van der Waals surface area contributed by atoms with Gasteiger partial charge in [0.05, 0.1) is 0 Å². The second-order valence-corrected chi connectivity index (χ2v) is 4.24. The van der Waals surface area contributed by atoms with E-state index in [0.29, 0.717) is 5.75 Å². The van der Waals surface area contributed by atoms with Crippen LogP contribution < -0.4 is 10.1 Å². The lowest BCUT2D eigenvalue weighted by Crippen LogP contribution is -2.42. The molecule has 0 spiro atoms. The summed E-state index contributed by atoms with van der Waals surface area (Å²) in [4.78, 5) is 11.8. The molecule has 0 heterocycles. The Balaban J connectivity index is 2.54. The molecule has 18 heavy (non-hydrogen) atoms. The minimum atomic E-state index is -0.632. The zero-order valence-corrected chi connectivity index (χ0v) is 11.1. The SMILES string of the molecule is CCC(CC)NC(=O)C(C)Oc1cccc(F)c1. The van der Waals surface area contributed by atoms with Crippen molar-refractivity contribution in [2.45, 2.75) is 45.8 Å². The Morgan fingerprint density at radius 3 is 2.61 bits per heavy atom. The van der Waals surface area contributed by atoms with Crippen molar-refractivity contribution in [2.24, 2.45) is 0 Å². The molecule has 4 heteroatoms. The summed E-state index contributed by atoms with van der Waals surface area (Å²) in [6, 6.07) is 5.94. The highest BCUT2D eigenvalue weighted by Crippen LogP contribution is 2.14. The number of rotatable bonds is 6. The molecule has 0 aliphatic rings. The normalized spacial score (nSPS) is 12.3. The lowest BCUT2D eigenvalue weighted by molar-refractivity contribution is -0.128. The zero-order valence-electron chi connectivity index (χ0n) is 11.1. The Morgan fingerprint density at radius 1 is 1.39 bits per heavy atom. The van der Waals surface area contributed by atoms with Crippen LogP contribution in [0.1, 0.15) is 33.6 Å². The zero-order chi connectivity index (χ0) is 13.5. The molecule has 100 valence electrons. The molecule has 3 nitrogen and oxygen atoms in total. The molecule has 1 aromatic rings. The van der Waals surface area contributed by atoms with Crippen LogP contribution in [0.2, 0.25) is 0 Å². The number of hydrogen-bond donors (Lipinski definition) is 1. The average molecular weight is 253 g/mol. The summed E-state index contributed by atoms with van der Waals surface area (Å²) in [7, 11) is 0. The maximum absolute atomic E-state index is 13.0. The van der Waals surface area contributed by atoms with Crippen LogP contribution >= 0.6 is 0 Å². The van der Waals surface area contributed by atoms with Gasteiger partial charge in [-0.05, 0) is 31.9 Å². The molecule has 0 aromatic heterocycles. The highest BCUT2D eigenvalue weighted by Gasteiger charge is 2.17. The lowest BCUT2D eigenvalue weighted by atomic mass is 10.1. The van der Waals surface area contributed by atoms with Gasteiger partial charge in [-0.25, -0.2) is 4.39 Å². The number of carbonyl (C=O) groups excluding carboxylic acids is 1. The van der Waals surface area contributed by atoms with Crippen molar-refractivity contribution < 1.29 is 13.9 Å². The van der Waals surface area contributed by atoms with Gasteiger partial charge in [0, 0.05) is 12.1 Å². The minimum absolute atomic E-state index is 0.163. The Labute approximate surface area is 107 Å². The quantitative estimate of drug-likeness (QED) is 0.846. The second-order valence-electron chi connectivity index (χ2n) is 4.24. The molecule has 0 bridgehead atoms. The Bertz CT molecular complexity index is 391. The molecule has 0 aliphatic heterocycles. The van der Waals surface area contributed by atoms with E-state index >= 15 is 0 Å². The number of nitrogens with one attached hydrogen (secondary N) is 1. The van der Waals surface area contributed by atoms with Crippen LogP contribution in [0.4, 0.5) is 4.39 Å². The van der Waals surface area contributed by atoms with E-state index in [1.54, 1.807) is 19.1 Å². The van der Waals surface area contributed by atoms with Crippen LogP contribution in [-0.4, -0.2) is 18.1 Å². The van der Waals surface area contributed by atoms with Gasteiger partial charge in [0.25, 0.3) is 5.91 Å². The first-order valence-corrected chi connectivity index (χ1v) is 6.29. The molecule has 0 radical (unpaired) electrons. The Morgan fingerprint density at radius 2 is 2.06 bits per heavy atom. The first-order chi connectivity index (χ1) is 8.56. The van der Waals surface area contributed by atoms with Crippen molar-refractivity contribution in [3.63, 3.8) is 0 Å². The van der Waals surface area contributed by atoms with Gasteiger partial charge in [-0.2, -0.15) is 0 Å². The summed E-state index contributed by atoms with van der Waals surface area (Å²) in [6.07, 6.45) is 1.14. The standard InChI is InChI=1S/C14H20FNO2/c1-4-12(5-2)16-14(17)10(3)18-13-8-6-7-11(15)9-13/h6-10,12H,4-5H2,1-3H3,(H,16,17). The molecular formula is C14H20FNO2. The smallest absolute Gasteiger partial charge is 0.260 e. The number of ether oxygens (including phenoxy) is 1. The fourth-order valence-electron chi connectivity index (χ4n) is 1.61. The van der Waals surface area contributed by atoms with Gasteiger partial charge >= 0.3 is 0 Å². The summed E-state index contributed by atoms with van der Waals surface area (Å²) < 4.78 is 18.4. The van der Waals surface area contributed by atoms with E-state index in [-0.39, 0.29) is 17.8 Å². The Hall–Kier alpha value is -1.58. The van der Waals surface area contributed by atoms with Crippen molar-refractivity contribution >= 4 is 5.91 Å². The molecule has 0 saturated heterocycles. The summed E-state index contributed by atoms with van der Waals surface area (Å²) >= 11 is 0. The van der Waals surface area contributed by atoms with Crippen LogP contribution in [0, 0.1) is 5.82 Å². The molecule has 1 unspecified atom stereocenters. The number of hydrogen-bond acceptors (Lipinski definition) is 2. The lowest BCUT2D eigenvalue weighted by Gasteiger charge is -2.19. The topological polar surface area (TPSA) is 38.3 Å². The molecule has 1 aromatic carbocycles. The van der Waals surface area contributed by atoms with E-state index in [1.807, 2.05) is 13.8 Å². The van der Waals surface area contributed by atoms with E-state index in [9.17, 15) is 9.18 Å². The van der Waals surface area contributed by atoms with Gasteiger partial charge in [0.15, 0.2) is 6.10 Å². The molecule has 0 aliphatic carbocycles. The van der Waals surface area contributed by atoms with Gasteiger partial charge in [0.2, 0.25) is 0 Å². The summed E-state index contributed by atoms with van der Waals surface area (Å²) in [5.74, 6) is -0.185. The largest absolute Gasteiger partial charge is 0.481 e. The third-order valence-corrected chi connectivity index (χ3v) is 2.81. The number of carbonyl (C=O) groups is 1. The minimum Gasteiger partial charge on any atom is -0.481 e. The first-order valence-electron chi connectivity index (χ1n) is 6.29. The monoisotopic (exact) mass is 253 g/mol. The van der Waals surface area contributed by atoms with Gasteiger partial charge in [-0.3, -0.25) is 4.79 Å². The van der Waals surface area contributed by atoms with Gasteiger partial charge in [-0.15, -0.1) is 0 Å². The maximum atomic E-state index is 13.0. The van der Waals surface area contributed by atoms with Crippen molar-refractivity contribution in [1.82, 2.24) is 5.32 Å². The average Bonchev–Trinajstić information content (AvgIpc) is 2.35. The third-order valence-electron chi connectivity index (χ3n) is 2.81. The molecule has 0 fully saturated rings. The number of amides is 1. The van der Waals surface area contributed by atoms with Crippen molar-refractivity contribution in [3.05, 3.63) is 30.1 Å². The highest BCUT2D eigenvalue weighted by atomic mass is 19.1. The highest BCUT2D eigenvalue weighted by molar-refractivity contribution is 5.80.